The van der Waals surface area contributed by atoms with E-state index in [0.29, 0.717) is 5.56 Å². The summed E-state index contributed by atoms with van der Waals surface area (Å²) in [7, 11) is 2.26. The molecule has 0 aromatic heterocycles. The maximum Gasteiger partial charge on any atom is 0.345 e. The molecule has 19 heavy (non-hydrogen) atoms. The number of hydrogen-bond donors (Lipinski definition) is 0. The summed E-state index contributed by atoms with van der Waals surface area (Å²) < 4.78 is 8.99. The maximum absolute atomic E-state index is 12.2. The fourth-order valence-corrected chi connectivity index (χ4v) is 1.51. The third-order valence-corrected chi connectivity index (χ3v) is 2.53. The Labute approximate surface area is 110 Å². The minimum atomic E-state index is -0.895. The highest BCUT2D eigenvalue weighted by Gasteiger charge is 2.26. The van der Waals surface area contributed by atoms with Crippen molar-refractivity contribution in [1.29, 1.82) is 0 Å². The van der Waals surface area contributed by atoms with Crippen LogP contribution in [0.25, 0.3) is 0 Å². The number of esters is 2. The number of Topliss-reactive ketones (excluding diaryl/α,β-unsaturated/α-hetero) is 1. The number of hydrogen-bond acceptors (Lipinski definition) is 5. The first-order valence-corrected chi connectivity index (χ1v) is 5.50. The Morgan fingerprint density at radius 1 is 0.895 bits per heavy atom. The molecule has 0 aliphatic heterocycles. The van der Waals surface area contributed by atoms with Crippen molar-refractivity contribution in [3.63, 3.8) is 0 Å². The summed E-state index contributed by atoms with van der Waals surface area (Å²) in [5, 5.41) is 0. The van der Waals surface area contributed by atoms with Crippen molar-refractivity contribution in [2.75, 3.05) is 14.2 Å². The zero-order valence-corrected chi connectivity index (χ0v) is 10.9. The quantitative estimate of drug-likeness (QED) is 0.270. The monoisotopic (exact) mass is 262 g/mol. The van der Waals surface area contributed by atoms with Gasteiger partial charge in [0.2, 0.25) is 0 Å². The average molecular weight is 262 g/mol. The molecule has 0 radical (unpaired) electrons. The number of ketones is 1. The van der Waals surface area contributed by atoms with E-state index < -0.39 is 17.7 Å². The van der Waals surface area contributed by atoms with Gasteiger partial charge in [-0.25, -0.2) is 9.59 Å². The normalized spacial score (nSPS) is 9.42. The molecule has 0 saturated heterocycles. The molecule has 100 valence electrons. The fourth-order valence-electron chi connectivity index (χ4n) is 1.51. The molecule has 0 fully saturated rings. The van der Waals surface area contributed by atoms with Gasteiger partial charge in [-0.1, -0.05) is 30.3 Å². The number of benzene rings is 1. The van der Waals surface area contributed by atoms with E-state index in [4.69, 9.17) is 0 Å². The predicted octanol–water partition coefficient (Wildman–Crippen LogP) is 1.53. The first kappa shape index (κ1) is 14.6. The van der Waals surface area contributed by atoms with E-state index in [1.807, 2.05) is 0 Å². The van der Waals surface area contributed by atoms with Crippen molar-refractivity contribution >= 4 is 17.7 Å². The van der Waals surface area contributed by atoms with Gasteiger partial charge >= 0.3 is 11.9 Å². The lowest BCUT2D eigenvalue weighted by molar-refractivity contribution is -0.144. The van der Waals surface area contributed by atoms with Gasteiger partial charge in [-0.15, -0.1) is 0 Å². The van der Waals surface area contributed by atoms with E-state index >= 15 is 0 Å². The van der Waals surface area contributed by atoms with Crippen LogP contribution < -0.4 is 0 Å². The van der Waals surface area contributed by atoms with Crippen molar-refractivity contribution in [3.05, 3.63) is 47.0 Å². The second kappa shape index (κ2) is 6.49. The minimum Gasteiger partial charge on any atom is -0.465 e. The van der Waals surface area contributed by atoms with Crippen LogP contribution in [0.2, 0.25) is 0 Å². The first-order chi connectivity index (χ1) is 9.02. The Hall–Kier alpha value is -2.43. The first-order valence-electron chi connectivity index (χ1n) is 5.50. The van der Waals surface area contributed by atoms with Crippen molar-refractivity contribution in [2.45, 2.75) is 6.92 Å². The summed E-state index contributed by atoms with van der Waals surface area (Å²) in [4.78, 5) is 35.3. The zero-order chi connectivity index (χ0) is 14.4. The van der Waals surface area contributed by atoms with Gasteiger partial charge in [0.25, 0.3) is 0 Å². The molecule has 0 amide bonds. The second-order valence-corrected chi connectivity index (χ2v) is 3.68. The Morgan fingerprint density at radius 3 is 1.79 bits per heavy atom. The Kier molecular flexibility index (Phi) is 5.00. The highest BCUT2D eigenvalue weighted by molar-refractivity contribution is 6.22. The van der Waals surface area contributed by atoms with Crippen LogP contribution in [0.3, 0.4) is 0 Å². The molecule has 0 heterocycles. The molecule has 0 bridgehead atoms. The van der Waals surface area contributed by atoms with Crippen LogP contribution in [0.4, 0.5) is 0 Å². The second-order valence-electron chi connectivity index (χ2n) is 3.68. The molecule has 1 aromatic rings. The third-order valence-electron chi connectivity index (χ3n) is 2.53. The average Bonchev–Trinajstić information content (AvgIpc) is 2.46. The summed E-state index contributed by atoms with van der Waals surface area (Å²) in [5.41, 5.74) is -0.0194. The maximum atomic E-state index is 12.2. The standard InChI is InChI=1S/C14H14O5/c1-9(11(13(16)18-2)14(17)19-3)12(15)10-7-5-4-6-8-10/h4-8H,1-3H3. The third kappa shape index (κ3) is 3.28. The van der Waals surface area contributed by atoms with Crippen LogP contribution in [-0.2, 0) is 19.1 Å². The van der Waals surface area contributed by atoms with Crippen molar-refractivity contribution in [1.82, 2.24) is 0 Å². The van der Waals surface area contributed by atoms with Gasteiger partial charge in [0.1, 0.15) is 0 Å². The molecule has 0 spiro atoms. The van der Waals surface area contributed by atoms with E-state index in [9.17, 15) is 14.4 Å². The molecule has 1 rings (SSSR count). The van der Waals surface area contributed by atoms with E-state index in [-0.39, 0.29) is 11.1 Å². The van der Waals surface area contributed by atoms with Gasteiger partial charge in [0.05, 0.1) is 14.2 Å². The molecule has 0 N–H and O–H groups in total. The van der Waals surface area contributed by atoms with E-state index in [2.05, 4.69) is 9.47 Å². The van der Waals surface area contributed by atoms with Crippen LogP contribution >= 0.6 is 0 Å². The largest absolute Gasteiger partial charge is 0.465 e. The van der Waals surface area contributed by atoms with Crippen molar-refractivity contribution < 1.29 is 23.9 Å². The van der Waals surface area contributed by atoms with Crippen molar-refractivity contribution in [2.24, 2.45) is 0 Å². The molecule has 0 aliphatic carbocycles. The van der Waals surface area contributed by atoms with E-state index in [0.717, 1.165) is 14.2 Å². The lowest BCUT2D eigenvalue weighted by Crippen LogP contribution is -2.20. The summed E-state index contributed by atoms with van der Waals surface area (Å²) >= 11 is 0. The van der Waals surface area contributed by atoms with Gasteiger partial charge in [-0.3, -0.25) is 4.79 Å². The van der Waals surface area contributed by atoms with E-state index in [1.165, 1.54) is 6.92 Å². The van der Waals surface area contributed by atoms with Gasteiger partial charge in [0.15, 0.2) is 11.4 Å². The smallest absolute Gasteiger partial charge is 0.345 e. The van der Waals surface area contributed by atoms with Gasteiger partial charge in [-0.05, 0) is 6.92 Å². The molecule has 5 nitrogen and oxygen atoms in total. The SMILES string of the molecule is COC(=O)C(C(=O)OC)=C(C)C(=O)c1ccccc1. The van der Waals surface area contributed by atoms with Crippen molar-refractivity contribution in [3.8, 4) is 0 Å². The molecule has 0 unspecified atom stereocenters. The number of methoxy groups -OCH3 is 2. The van der Waals surface area contributed by atoms with Crippen LogP contribution in [-0.4, -0.2) is 31.9 Å². The molecule has 0 atom stereocenters. The predicted molar refractivity (Wildman–Crippen MR) is 67.5 cm³/mol. The minimum absolute atomic E-state index is 0.00935. The van der Waals surface area contributed by atoms with Crippen LogP contribution in [0.1, 0.15) is 17.3 Å². The highest BCUT2D eigenvalue weighted by atomic mass is 16.5. The Bertz CT molecular complexity index is 510. The fraction of sp³-hybridized carbons (Fsp3) is 0.214. The van der Waals surface area contributed by atoms with E-state index in [1.54, 1.807) is 30.3 Å². The highest BCUT2D eigenvalue weighted by Crippen LogP contribution is 2.14. The molecule has 0 saturated carbocycles. The number of ether oxygens (including phenoxy) is 2. The van der Waals surface area contributed by atoms with Crippen LogP contribution in [0, 0.1) is 0 Å². The lowest BCUT2D eigenvalue weighted by atomic mass is 10.00. The molecule has 5 heteroatoms. The number of rotatable bonds is 4. The molecule has 0 aliphatic rings. The molecular weight excluding hydrogens is 248 g/mol. The van der Waals surface area contributed by atoms with Gasteiger partial charge < -0.3 is 9.47 Å². The molecule has 1 aromatic carbocycles. The summed E-state index contributed by atoms with van der Waals surface area (Å²) in [6, 6.07) is 8.33. The summed E-state index contributed by atoms with van der Waals surface area (Å²) in [6.07, 6.45) is 0. The Balaban J connectivity index is 3.26. The van der Waals surface area contributed by atoms with Crippen LogP contribution in [0.5, 0.6) is 0 Å². The zero-order valence-electron chi connectivity index (χ0n) is 10.9. The summed E-state index contributed by atoms with van der Waals surface area (Å²) in [6.45, 7) is 1.39. The Morgan fingerprint density at radius 2 is 1.37 bits per heavy atom. The topological polar surface area (TPSA) is 69.7 Å². The summed E-state index contributed by atoms with van der Waals surface area (Å²) in [5.74, 6) is -2.21. The number of carbonyl (C=O) groups is 3. The number of carbonyl (C=O) groups excluding carboxylic acids is 3. The molecular formula is C14H14O5. The van der Waals surface area contributed by atoms with Crippen LogP contribution in [0.15, 0.2) is 41.5 Å². The number of allylic oxidation sites excluding steroid dienone is 1. The van der Waals surface area contributed by atoms with Gasteiger partial charge in [0, 0.05) is 11.1 Å². The lowest BCUT2D eigenvalue weighted by Gasteiger charge is -2.08. The van der Waals surface area contributed by atoms with Gasteiger partial charge in [-0.2, -0.15) is 0 Å².